The molecule has 1 aliphatic rings. The Labute approximate surface area is 206 Å². The van der Waals surface area contributed by atoms with E-state index in [0.717, 1.165) is 6.07 Å². The van der Waals surface area contributed by atoms with Crippen LogP contribution < -0.4 is 13.7 Å². The van der Waals surface area contributed by atoms with Crippen molar-refractivity contribution in [2.45, 2.75) is 10.7 Å². The van der Waals surface area contributed by atoms with Crippen LogP contribution in [0.1, 0.15) is 27.0 Å². The molecule has 0 atom stereocenters. The summed E-state index contributed by atoms with van der Waals surface area (Å²) in [5, 5.41) is 18.6. The van der Waals surface area contributed by atoms with E-state index in [1.807, 2.05) is 18.2 Å². The molecule has 178 valence electrons. The molecule has 0 fully saturated rings. The predicted molar refractivity (Wildman–Crippen MR) is 127 cm³/mol. The van der Waals surface area contributed by atoms with Gasteiger partial charge in [-0.1, -0.05) is 60.7 Å². The van der Waals surface area contributed by atoms with Gasteiger partial charge in [0.05, 0.1) is 17.2 Å². The van der Waals surface area contributed by atoms with E-state index < -0.39 is 21.9 Å². The van der Waals surface area contributed by atoms with Crippen LogP contribution in [0.15, 0.2) is 102 Å². The minimum absolute atomic E-state index is 0.00707. The van der Waals surface area contributed by atoms with E-state index in [4.69, 9.17) is 18.9 Å². The molecule has 4 aromatic carbocycles. The van der Waals surface area contributed by atoms with E-state index in [-0.39, 0.29) is 33.3 Å². The zero-order valence-electron chi connectivity index (χ0n) is 18.5. The Kier molecular flexibility index (Phi) is 5.59. The van der Waals surface area contributed by atoms with Gasteiger partial charge in [-0.05, 0) is 30.3 Å². The maximum Gasteiger partial charge on any atom is 0.339 e. The Balaban J connectivity index is 1.64. The normalized spacial score (nSPS) is 13.5. The first-order valence-electron chi connectivity index (χ1n) is 10.7. The smallest absolute Gasteiger partial charge is 0.339 e. The molecular formula is C27H17NO7S. The third-order valence-corrected chi connectivity index (χ3v) is 6.79. The van der Waals surface area contributed by atoms with Crippen LogP contribution in [0.3, 0.4) is 0 Å². The molecule has 8 nitrogen and oxygen atoms in total. The van der Waals surface area contributed by atoms with Crippen LogP contribution >= 0.6 is 0 Å². The number of benzene rings is 4. The highest BCUT2D eigenvalue weighted by atomic mass is 32.2. The van der Waals surface area contributed by atoms with Gasteiger partial charge in [0, 0.05) is 17.2 Å². The lowest BCUT2D eigenvalue weighted by Gasteiger charge is -2.28. The van der Waals surface area contributed by atoms with Crippen LogP contribution in [0.2, 0.25) is 0 Å². The lowest BCUT2D eigenvalue weighted by Crippen LogP contribution is -2.36. The maximum atomic E-state index is 13.0. The summed E-state index contributed by atoms with van der Waals surface area (Å²) in [6, 6.07) is 27.3. The van der Waals surface area contributed by atoms with Crippen molar-refractivity contribution in [2.24, 2.45) is 0 Å². The Morgan fingerprint density at radius 3 is 1.97 bits per heavy atom. The maximum absolute atomic E-state index is 13.0. The van der Waals surface area contributed by atoms with Crippen LogP contribution in [0, 0.1) is 11.3 Å². The average Bonchev–Trinajstić information content (AvgIpc) is 3.31. The number of nitriles is 1. The molecule has 0 radical (unpaired) electrons. The fraction of sp³-hybridized carbons (Fsp3) is 0.0370. The lowest BCUT2D eigenvalue weighted by molar-refractivity contribution is -0.0464. The summed E-state index contributed by atoms with van der Waals surface area (Å²) in [6.45, 7) is 0. The van der Waals surface area contributed by atoms with Gasteiger partial charge < -0.3 is 18.8 Å². The highest BCUT2D eigenvalue weighted by Crippen LogP contribution is 2.53. The molecule has 1 heterocycles. The molecule has 36 heavy (non-hydrogen) atoms. The van der Waals surface area contributed by atoms with E-state index >= 15 is 0 Å². The van der Waals surface area contributed by atoms with Gasteiger partial charge in [0.15, 0.2) is 11.5 Å². The van der Waals surface area contributed by atoms with E-state index in [0.29, 0.717) is 11.1 Å². The van der Waals surface area contributed by atoms with Gasteiger partial charge >= 0.3 is 21.9 Å². The Hall–Kier alpha value is -4.81. The first-order chi connectivity index (χ1) is 17.3. The third kappa shape index (κ3) is 4.00. The van der Waals surface area contributed by atoms with E-state index in [9.17, 15) is 18.3 Å². The Bertz CT molecular complexity index is 1550. The summed E-state index contributed by atoms with van der Waals surface area (Å²) in [4.78, 5) is 11.6. The Morgan fingerprint density at radius 2 is 1.44 bits per heavy atom. The minimum Gasteiger partial charge on any atom is -0.478 e. The molecule has 0 spiro atoms. The summed E-state index contributed by atoms with van der Waals surface area (Å²) >= 11 is 0. The number of carboxylic acid groups (broad SMARTS) is 1. The molecule has 0 amide bonds. The number of carbonyl (C=O) groups is 1. The molecule has 5 rings (SSSR count). The number of rotatable bonds is 6. The summed E-state index contributed by atoms with van der Waals surface area (Å²) < 4.78 is 44.0. The average molecular weight is 500 g/mol. The molecule has 0 saturated carbocycles. The molecule has 0 aromatic heterocycles. The van der Waals surface area contributed by atoms with Gasteiger partial charge in [-0.25, -0.2) is 4.79 Å². The SMILES string of the molecule is N#Cc1ccc(S(=O)(=O)Oc2cc(C(=O)O)cc3c2OC(c2ccccc2)(c2ccccc2)O3)cc1. The fourth-order valence-electron chi connectivity index (χ4n) is 3.84. The molecule has 0 saturated heterocycles. The van der Waals surface area contributed by atoms with Gasteiger partial charge in [0.2, 0.25) is 5.75 Å². The molecule has 1 N–H and O–H groups in total. The van der Waals surface area contributed by atoms with E-state index in [1.54, 1.807) is 48.5 Å². The number of carboxylic acids is 1. The number of hydrogen-bond donors (Lipinski definition) is 1. The number of hydrogen-bond acceptors (Lipinski definition) is 7. The van der Waals surface area contributed by atoms with Crippen molar-refractivity contribution in [1.29, 1.82) is 5.26 Å². The standard InChI is InChI=1S/C27H17NO7S/c28-17-18-11-13-22(14-12-18)36(31,32)35-24-16-19(26(29)30)15-23-25(24)34-27(33-23,20-7-3-1-4-8-20)21-9-5-2-6-10-21/h1-16H,(H,29,30). The molecule has 4 aromatic rings. The number of aromatic carboxylic acids is 1. The molecular weight excluding hydrogens is 482 g/mol. The van der Waals surface area contributed by atoms with Gasteiger partial charge in [-0.2, -0.15) is 13.7 Å². The molecule has 1 aliphatic heterocycles. The highest BCUT2D eigenvalue weighted by molar-refractivity contribution is 7.87. The van der Waals surface area contributed by atoms with Gasteiger partial charge in [-0.3, -0.25) is 0 Å². The van der Waals surface area contributed by atoms with Gasteiger partial charge in [0.1, 0.15) is 4.90 Å². The zero-order chi connectivity index (χ0) is 25.3. The van der Waals surface area contributed by atoms with Crippen molar-refractivity contribution in [1.82, 2.24) is 0 Å². The van der Waals surface area contributed by atoms with Gasteiger partial charge in [-0.15, -0.1) is 0 Å². The van der Waals surface area contributed by atoms with Crippen LogP contribution in [-0.2, 0) is 15.9 Å². The van der Waals surface area contributed by atoms with Crippen molar-refractivity contribution in [3.05, 3.63) is 119 Å². The predicted octanol–water partition coefficient (Wildman–Crippen LogP) is 4.70. The second-order valence-electron chi connectivity index (χ2n) is 7.83. The molecule has 0 bridgehead atoms. The largest absolute Gasteiger partial charge is 0.478 e. The molecule has 0 unspecified atom stereocenters. The van der Waals surface area contributed by atoms with Crippen LogP contribution in [0.25, 0.3) is 0 Å². The third-order valence-electron chi connectivity index (χ3n) is 5.55. The second kappa shape index (κ2) is 8.76. The topological polar surface area (TPSA) is 123 Å². The summed E-state index contributed by atoms with van der Waals surface area (Å²) in [5.41, 5.74) is 1.23. The van der Waals surface area contributed by atoms with Crippen LogP contribution in [0.4, 0.5) is 0 Å². The van der Waals surface area contributed by atoms with Gasteiger partial charge in [0.25, 0.3) is 0 Å². The quantitative estimate of drug-likeness (QED) is 0.379. The van der Waals surface area contributed by atoms with Crippen molar-refractivity contribution in [2.75, 3.05) is 0 Å². The second-order valence-corrected chi connectivity index (χ2v) is 9.38. The van der Waals surface area contributed by atoms with Crippen molar-refractivity contribution >= 4 is 16.1 Å². The Morgan fingerprint density at radius 1 is 0.861 bits per heavy atom. The highest BCUT2D eigenvalue weighted by Gasteiger charge is 2.47. The summed E-state index contributed by atoms with van der Waals surface area (Å²) in [7, 11) is -4.41. The van der Waals surface area contributed by atoms with E-state index in [2.05, 4.69) is 0 Å². The summed E-state index contributed by atoms with van der Waals surface area (Å²) in [6.07, 6.45) is 0. The molecule has 0 aliphatic carbocycles. The number of fused-ring (bicyclic) bond motifs is 1. The van der Waals surface area contributed by atoms with E-state index in [1.165, 1.54) is 30.3 Å². The first-order valence-corrected chi connectivity index (χ1v) is 12.1. The number of ether oxygens (including phenoxy) is 2. The van der Waals surface area contributed by atoms with Crippen LogP contribution in [0.5, 0.6) is 17.2 Å². The number of nitrogens with zero attached hydrogens (tertiary/aromatic N) is 1. The summed E-state index contributed by atoms with van der Waals surface area (Å²) in [5.74, 6) is -3.22. The zero-order valence-corrected chi connectivity index (χ0v) is 19.3. The van der Waals surface area contributed by atoms with Crippen molar-refractivity contribution in [3.63, 3.8) is 0 Å². The molecule has 9 heteroatoms. The van der Waals surface area contributed by atoms with Crippen LogP contribution in [-0.4, -0.2) is 19.5 Å². The fourth-order valence-corrected chi connectivity index (χ4v) is 4.76. The monoisotopic (exact) mass is 499 g/mol. The lowest BCUT2D eigenvalue weighted by atomic mass is 9.97. The van der Waals surface area contributed by atoms with Crippen molar-refractivity contribution < 1.29 is 32.0 Å². The van der Waals surface area contributed by atoms with Crippen molar-refractivity contribution in [3.8, 4) is 23.3 Å². The first kappa shape index (κ1) is 23.0. The minimum atomic E-state index is -4.41.